The zero-order chi connectivity index (χ0) is 29.8. The molecule has 228 valence electrons. The monoisotopic (exact) mass is 584 g/mol. The van der Waals surface area contributed by atoms with Crippen LogP contribution < -0.4 is 21.1 Å². The van der Waals surface area contributed by atoms with Gasteiger partial charge >= 0.3 is 0 Å². The van der Waals surface area contributed by atoms with Gasteiger partial charge < -0.3 is 25.8 Å². The number of pyridine rings is 1. The van der Waals surface area contributed by atoms with Crippen LogP contribution in [0.1, 0.15) is 72.5 Å². The minimum atomic E-state index is 0.0170. The van der Waals surface area contributed by atoms with E-state index in [1.54, 1.807) is 6.21 Å². The number of allylic oxidation sites excluding steroid dienone is 2. The normalized spacial score (nSPS) is 20.9. The van der Waals surface area contributed by atoms with Gasteiger partial charge in [0, 0.05) is 48.1 Å². The minimum absolute atomic E-state index is 0.0170. The number of amides is 1. The topological polar surface area (TPSA) is 114 Å². The van der Waals surface area contributed by atoms with Gasteiger partial charge in [-0.25, -0.2) is 9.98 Å². The number of likely N-dealkylation sites (tertiary alicyclic amines) is 1. The Morgan fingerprint density at radius 1 is 1.23 bits per heavy atom. The molecule has 3 aliphatic heterocycles. The van der Waals surface area contributed by atoms with Crippen molar-refractivity contribution >= 4 is 23.5 Å². The molecule has 1 aromatic carbocycles. The highest BCUT2D eigenvalue weighted by molar-refractivity contribution is 5.94. The number of nitrogens with one attached hydrogen (secondary N) is 2. The Balaban J connectivity index is 1.02. The molecule has 1 aromatic heterocycles. The predicted octanol–water partition coefficient (Wildman–Crippen LogP) is 4.69. The van der Waals surface area contributed by atoms with E-state index in [0.29, 0.717) is 30.2 Å². The van der Waals surface area contributed by atoms with Gasteiger partial charge in [0.05, 0.1) is 25.9 Å². The van der Waals surface area contributed by atoms with Crippen molar-refractivity contribution in [3.63, 3.8) is 0 Å². The number of aliphatic imine (C=N–C) groups is 1. The molecule has 9 nitrogen and oxygen atoms in total. The molecule has 3 fully saturated rings. The highest BCUT2D eigenvalue weighted by Gasteiger charge is 2.40. The lowest BCUT2D eigenvalue weighted by Gasteiger charge is -2.49. The summed E-state index contributed by atoms with van der Waals surface area (Å²) in [5, 5.41) is 6.81. The Hall–Kier alpha value is -3.69. The van der Waals surface area contributed by atoms with Crippen LogP contribution in [-0.2, 0) is 17.7 Å². The van der Waals surface area contributed by atoms with Crippen LogP contribution in [0.15, 0.2) is 53.9 Å². The van der Waals surface area contributed by atoms with Crippen molar-refractivity contribution in [2.45, 2.75) is 70.5 Å². The molecule has 2 saturated heterocycles. The maximum absolute atomic E-state index is 13.2. The fraction of sp³-hybridized carbons (Fsp3) is 0.500. The van der Waals surface area contributed by atoms with E-state index in [1.807, 2.05) is 43.5 Å². The summed E-state index contributed by atoms with van der Waals surface area (Å²) in [6.45, 7) is 11.0. The molecule has 4 N–H and O–H groups in total. The van der Waals surface area contributed by atoms with E-state index >= 15 is 0 Å². The molecule has 4 aliphatic rings. The number of carbonyl (C=O) groups excluding carboxylic acids is 1. The first-order valence-corrected chi connectivity index (χ1v) is 15.6. The van der Waals surface area contributed by atoms with Gasteiger partial charge in [-0.2, -0.15) is 0 Å². The molecule has 1 aliphatic carbocycles. The van der Waals surface area contributed by atoms with Gasteiger partial charge in [-0.3, -0.25) is 9.69 Å². The van der Waals surface area contributed by atoms with Crippen molar-refractivity contribution in [1.82, 2.24) is 15.2 Å². The van der Waals surface area contributed by atoms with Crippen molar-refractivity contribution in [3.8, 4) is 5.75 Å². The SMILES string of the molecule is C=C(N)/N=C\C=C(/C)c1cnc(NCc2cccc(C(=O)NC3CCC4(CC3)CCN(C3COC3)CC4)c2)c2c1OCC2. The Morgan fingerprint density at radius 3 is 2.74 bits per heavy atom. The van der Waals surface area contributed by atoms with Crippen LogP contribution in [0.5, 0.6) is 5.75 Å². The van der Waals surface area contributed by atoms with Crippen molar-refractivity contribution < 1.29 is 14.3 Å². The second-order valence-electron chi connectivity index (χ2n) is 12.6. The van der Waals surface area contributed by atoms with Crippen LogP contribution in [0, 0.1) is 5.41 Å². The summed E-state index contributed by atoms with van der Waals surface area (Å²) in [6.07, 6.45) is 13.2. The number of nitrogens with two attached hydrogens (primary N) is 1. The lowest BCUT2D eigenvalue weighted by atomic mass is 9.66. The first-order valence-electron chi connectivity index (χ1n) is 15.6. The summed E-state index contributed by atoms with van der Waals surface area (Å²) in [7, 11) is 0. The number of hydrogen-bond acceptors (Lipinski definition) is 8. The highest BCUT2D eigenvalue weighted by atomic mass is 16.5. The second kappa shape index (κ2) is 12.9. The van der Waals surface area contributed by atoms with Crippen molar-refractivity contribution in [2.75, 3.05) is 38.2 Å². The van der Waals surface area contributed by atoms with E-state index < -0.39 is 0 Å². The van der Waals surface area contributed by atoms with Crippen molar-refractivity contribution in [2.24, 2.45) is 16.1 Å². The number of benzene rings is 1. The highest BCUT2D eigenvalue weighted by Crippen LogP contribution is 2.45. The number of nitrogens with zero attached hydrogens (tertiary/aromatic N) is 3. The molecule has 0 bridgehead atoms. The second-order valence-corrected chi connectivity index (χ2v) is 12.6. The fourth-order valence-electron chi connectivity index (χ4n) is 6.90. The summed E-state index contributed by atoms with van der Waals surface area (Å²) in [5.74, 6) is 1.94. The molecule has 1 spiro atoms. The number of rotatable bonds is 9. The zero-order valence-corrected chi connectivity index (χ0v) is 25.2. The van der Waals surface area contributed by atoms with E-state index in [4.69, 9.17) is 20.2 Å². The Morgan fingerprint density at radius 2 is 2.02 bits per heavy atom. The summed E-state index contributed by atoms with van der Waals surface area (Å²) >= 11 is 0. The van der Waals surface area contributed by atoms with Gasteiger partial charge in [-0.15, -0.1) is 0 Å². The third kappa shape index (κ3) is 6.78. The molecule has 0 atom stereocenters. The summed E-state index contributed by atoms with van der Waals surface area (Å²) in [6, 6.07) is 8.78. The minimum Gasteiger partial charge on any atom is -0.492 e. The smallest absolute Gasteiger partial charge is 0.251 e. The van der Waals surface area contributed by atoms with Gasteiger partial charge in [0.2, 0.25) is 0 Å². The van der Waals surface area contributed by atoms with Crippen molar-refractivity contribution in [3.05, 3.63) is 71.2 Å². The average Bonchev–Trinajstić information content (AvgIpc) is 3.48. The predicted molar refractivity (Wildman–Crippen MR) is 170 cm³/mol. The van der Waals surface area contributed by atoms with Crippen LogP contribution in [0.4, 0.5) is 5.82 Å². The Kier molecular flexibility index (Phi) is 8.81. The van der Waals surface area contributed by atoms with E-state index in [0.717, 1.165) is 66.3 Å². The summed E-state index contributed by atoms with van der Waals surface area (Å²) in [4.78, 5) is 24.6. The van der Waals surface area contributed by atoms with Gasteiger partial charge in [0.1, 0.15) is 17.4 Å². The molecule has 2 aromatic rings. The van der Waals surface area contributed by atoms with E-state index in [9.17, 15) is 4.79 Å². The number of fused-ring (bicyclic) bond motifs is 1. The molecule has 9 heteroatoms. The molecular weight excluding hydrogens is 540 g/mol. The first kappa shape index (κ1) is 29.4. The number of aromatic nitrogens is 1. The van der Waals surface area contributed by atoms with Gasteiger partial charge in [0.15, 0.2) is 0 Å². The molecule has 0 radical (unpaired) electrons. The lowest BCUT2D eigenvalue weighted by Crippen LogP contribution is -2.54. The van der Waals surface area contributed by atoms with Crippen LogP contribution >= 0.6 is 0 Å². The van der Waals surface area contributed by atoms with Crippen molar-refractivity contribution in [1.29, 1.82) is 0 Å². The summed E-state index contributed by atoms with van der Waals surface area (Å²) < 4.78 is 11.4. The van der Waals surface area contributed by atoms with Crippen LogP contribution in [0.3, 0.4) is 0 Å². The quantitative estimate of drug-likeness (QED) is 0.367. The molecular formula is C34H44N6O3. The molecule has 0 unspecified atom stereocenters. The van der Waals surface area contributed by atoms with Crippen LogP contribution in [-0.4, -0.2) is 67.0 Å². The molecule has 43 heavy (non-hydrogen) atoms. The summed E-state index contributed by atoms with van der Waals surface area (Å²) in [5.41, 5.74) is 10.7. The first-order chi connectivity index (χ1) is 20.9. The standard InChI is InChI=1S/C34H44N6O3/c1-23(8-14-36-24(2)35)30-20-38-32(29-9-17-43-31(29)30)37-19-25-4-3-5-26(18-25)33(41)39-27-6-10-34(11-7-27)12-15-40(16-13-34)28-21-42-22-28/h3-5,8,14,18,20,27-28H,2,6-7,9-13,15-17,19,21-22,35H2,1H3,(H,37,38)(H,39,41)/b23-8+,36-14-. The van der Waals surface area contributed by atoms with E-state index in [-0.39, 0.29) is 17.8 Å². The Bertz CT molecular complexity index is 1400. The zero-order valence-electron chi connectivity index (χ0n) is 25.2. The number of anilines is 1. The fourth-order valence-corrected chi connectivity index (χ4v) is 6.90. The number of ether oxygens (including phenoxy) is 2. The van der Waals surface area contributed by atoms with Gasteiger partial charge in [-0.05, 0) is 93.3 Å². The third-order valence-corrected chi connectivity index (χ3v) is 9.74. The van der Waals surface area contributed by atoms with E-state index in [1.165, 1.54) is 38.8 Å². The van der Waals surface area contributed by atoms with Gasteiger partial charge in [-0.1, -0.05) is 18.7 Å². The maximum atomic E-state index is 13.2. The third-order valence-electron chi connectivity index (χ3n) is 9.74. The lowest BCUT2D eigenvalue weighted by molar-refractivity contribution is -0.0851. The van der Waals surface area contributed by atoms with Crippen LogP contribution in [0.25, 0.3) is 5.57 Å². The maximum Gasteiger partial charge on any atom is 0.251 e. The Labute approximate surface area is 254 Å². The molecule has 4 heterocycles. The number of hydrogen-bond donors (Lipinski definition) is 3. The van der Waals surface area contributed by atoms with Crippen LogP contribution in [0.2, 0.25) is 0 Å². The van der Waals surface area contributed by atoms with E-state index in [2.05, 4.69) is 27.1 Å². The molecule has 6 rings (SSSR count). The van der Waals surface area contributed by atoms with Gasteiger partial charge in [0.25, 0.3) is 5.91 Å². The largest absolute Gasteiger partial charge is 0.492 e. The molecule has 1 amide bonds. The average molecular weight is 585 g/mol. The number of piperidine rings is 1. The molecule has 1 saturated carbocycles. The number of carbonyl (C=O) groups is 1.